The molecule has 0 bridgehead atoms. The second-order valence-electron chi connectivity index (χ2n) is 6.15. The van der Waals surface area contributed by atoms with Gasteiger partial charge in [0.05, 0.1) is 22.6 Å². The van der Waals surface area contributed by atoms with Gasteiger partial charge < -0.3 is 14.8 Å². The van der Waals surface area contributed by atoms with Crippen molar-refractivity contribution in [2.45, 2.75) is 45.8 Å². The SMILES string of the molecule is Cc1ccn(-c2csc(B(O)OC(C)(C)C(C)(C)O)c2)n1. The molecule has 0 unspecified atom stereocenters. The van der Waals surface area contributed by atoms with E-state index in [2.05, 4.69) is 5.10 Å². The maximum absolute atomic E-state index is 10.2. The molecule has 0 aliphatic heterocycles. The molecule has 2 heterocycles. The van der Waals surface area contributed by atoms with Crippen molar-refractivity contribution >= 4 is 23.2 Å². The van der Waals surface area contributed by atoms with E-state index in [-0.39, 0.29) is 0 Å². The largest absolute Gasteiger partial charge is 0.502 e. The van der Waals surface area contributed by atoms with Gasteiger partial charge in [-0.25, -0.2) is 4.68 Å². The normalized spacial score (nSPS) is 12.7. The molecule has 0 amide bonds. The third kappa shape index (κ3) is 3.55. The average molecular weight is 308 g/mol. The van der Waals surface area contributed by atoms with E-state index < -0.39 is 18.3 Å². The first-order valence-electron chi connectivity index (χ1n) is 6.79. The van der Waals surface area contributed by atoms with E-state index in [1.807, 2.05) is 30.6 Å². The second kappa shape index (κ2) is 5.57. The number of hydrogen-bond acceptors (Lipinski definition) is 5. The molecule has 0 radical (unpaired) electrons. The maximum Gasteiger partial charge on any atom is 0.502 e. The molecule has 0 aliphatic carbocycles. The number of aromatic nitrogens is 2. The topological polar surface area (TPSA) is 67.5 Å². The van der Waals surface area contributed by atoms with E-state index in [9.17, 15) is 10.1 Å². The van der Waals surface area contributed by atoms with Gasteiger partial charge in [-0.15, -0.1) is 0 Å². The fraction of sp³-hybridized carbons (Fsp3) is 0.500. The van der Waals surface area contributed by atoms with Crippen molar-refractivity contribution in [1.82, 2.24) is 9.78 Å². The minimum atomic E-state index is -1.08. The smallest absolute Gasteiger partial charge is 0.423 e. The average Bonchev–Trinajstić information content (AvgIpc) is 2.94. The van der Waals surface area contributed by atoms with Gasteiger partial charge in [-0.05, 0) is 46.8 Å². The van der Waals surface area contributed by atoms with Crippen molar-refractivity contribution in [1.29, 1.82) is 0 Å². The monoisotopic (exact) mass is 308 g/mol. The summed E-state index contributed by atoms with van der Waals surface area (Å²) in [7, 11) is -1.08. The Morgan fingerprint density at radius 2 is 2.00 bits per heavy atom. The highest BCUT2D eigenvalue weighted by Crippen LogP contribution is 2.25. The molecule has 0 saturated carbocycles. The summed E-state index contributed by atoms with van der Waals surface area (Å²) < 4.78 is 8.06. The molecule has 114 valence electrons. The molecule has 21 heavy (non-hydrogen) atoms. The third-order valence-corrected chi connectivity index (χ3v) is 4.67. The molecule has 0 spiro atoms. The molecule has 0 aromatic carbocycles. The fourth-order valence-electron chi connectivity index (χ4n) is 1.63. The number of hydrogen-bond donors (Lipinski definition) is 2. The predicted molar refractivity (Wildman–Crippen MR) is 85.2 cm³/mol. The third-order valence-electron chi connectivity index (χ3n) is 3.72. The van der Waals surface area contributed by atoms with Crippen LogP contribution in [0.25, 0.3) is 5.69 Å². The highest BCUT2D eigenvalue weighted by molar-refractivity contribution is 7.20. The summed E-state index contributed by atoms with van der Waals surface area (Å²) in [5.74, 6) is 0. The lowest BCUT2D eigenvalue weighted by atomic mass is 9.82. The number of rotatable bonds is 5. The lowest BCUT2D eigenvalue weighted by Gasteiger charge is -2.38. The molecule has 0 fully saturated rings. The highest BCUT2D eigenvalue weighted by Gasteiger charge is 2.39. The zero-order valence-corrected chi connectivity index (χ0v) is 13.8. The molecule has 2 N–H and O–H groups in total. The van der Waals surface area contributed by atoms with E-state index in [1.165, 1.54) is 11.3 Å². The summed E-state index contributed by atoms with van der Waals surface area (Å²) in [6, 6.07) is 3.75. The van der Waals surface area contributed by atoms with Gasteiger partial charge in [0.2, 0.25) is 0 Å². The van der Waals surface area contributed by atoms with Gasteiger partial charge in [-0.2, -0.15) is 16.4 Å². The lowest BCUT2D eigenvalue weighted by molar-refractivity contribution is -0.0981. The minimum Gasteiger partial charge on any atom is -0.423 e. The number of aryl methyl sites for hydroxylation is 1. The Morgan fingerprint density at radius 3 is 2.52 bits per heavy atom. The van der Waals surface area contributed by atoms with Gasteiger partial charge in [0.1, 0.15) is 0 Å². The van der Waals surface area contributed by atoms with Crippen LogP contribution < -0.4 is 4.78 Å². The molecule has 2 rings (SSSR count). The Bertz CT molecular complexity index is 616. The van der Waals surface area contributed by atoms with Crippen LogP contribution in [-0.2, 0) is 4.65 Å². The number of aliphatic hydroxyl groups is 1. The second-order valence-corrected chi connectivity index (χ2v) is 7.09. The fourth-order valence-corrected chi connectivity index (χ4v) is 2.42. The van der Waals surface area contributed by atoms with Crippen LogP contribution in [0.1, 0.15) is 33.4 Å². The first-order valence-corrected chi connectivity index (χ1v) is 7.67. The summed E-state index contributed by atoms with van der Waals surface area (Å²) in [5.41, 5.74) is -0.124. The van der Waals surface area contributed by atoms with Crippen LogP contribution in [0.3, 0.4) is 0 Å². The van der Waals surface area contributed by atoms with Crippen LogP contribution >= 0.6 is 11.3 Å². The Labute approximate surface area is 129 Å². The van der Waals surface area contributed by atoms with E-state index in [0.29, 0.717) is 4.78 Å². The van der Waals surface area contributed by atoms with E-state index in [0.717, 1.165) is 11.4 Å². The summed E-state index contributed by atoms with van der Waals surface area (Å²) >= 11 is 1.40. The van der Waals surface area contributed by atoms with E-state index in [4.69, 9.17) is 4.65 Å². The van der Waals surface area contributed by atoms with Crippen LogP contribution in [0.4, 0.5) is 0 Å². The molecule has 2 aromatic heterocycles. The van der Waals surface area contributed by atoms with Gasteiger partial charge in [0.15, 0.2) is 0 Å². The predicted octanol–water partition coefficient (Wildman–Crippen LogP) is 1.50. The zero-order valence-electron chi connectivity index (χ0n) is 13.0. The van der Waals surface area contributed by atoms with E-state index in [1.54, 1.807) is 32.4 Å². The van der Waals surface area contributed by atoms with Crippen molar-refractivity contribution in [3.8, 4) is 5.69 Å². The highest BCUT2D eigenvalue weighted by atomic mass is 32.1. The molecule has 0 atom stereocenters. The Kier molecular flexibility index (Phi) is 4.30. The zero-order chi connectivity index (χ0) is 15.8. The van der Waals surface area contributed by atoms with E-state index >= 15 is 0 Å². The molecule has 5 nitrogen and oxygen atoms in total. The summed E-state index contributed by atoms with van der Waals surface area (Å²) in [6.45, 7) is 8.75. The first kappa shape index (κ1) is 16.2. The van der Waals surface area contributed by atoms with Crippen LogP contribution in [0.5, 0.6) is 0 Å². The molecule has 7 heteroatoms. The minimum absolute atomic E-state index is 0.676. The molecule has 2 aromatic rings. The maximum atomic E-state index is 10.2. The van der Waals surface area contributed by atoms with Crippen molar-refractivity contribution in [2.75, 3.05) is 0 Å². The molecular formula is C14H21BN2O3S. The van der Waals surface area contributed by atoms with Gasteiger partial charge in [0, 0.05) is 16.4 Å². The van der Waals surface area contributed by atoms with Crippen LogP contribution in [-0.4, -0.2) is 38.2 Å². The van der Waals surface area contributed by atoms with Crippen LogP contribution in [0.2, 0.25) is 0 Å². The Balaban J connectivity index is 2.14. The lowest BCUT2D eigenvalue weighted by Crippen LogP contribution is -2.52. The van der Waals surface area contributed by atoms with Gasteiger partial charge >= 0.3 is 7.12 Å². The van der Waals surface area contributed by atoms with Gasteiger partial charge in [0.25, 0.3) is 0 Å². The van der Waals surface area contributed by atoms with Crippen molar-refractivity contribution in [2.24, 2.45) is 0 Å². The summed E-state index contributed by atoms with van der Waals surface area (Å²) in [5, 5.41) is 26.5. The van der Waals surface area contributed by atoms with Crippen molar-refractivity contribution < 1.29 is 14.8 Å². The van der Waals surface area contributed by atoms with Crippen molar-refractivity contribution in [3.05, 3.63) is 29.4 Å². The van der Waals surface area contributed by atoms with Crippen molar-refractivity contribution in [3.63, 3.8) is 0 Å². The molecule has 0 aliphatic rings. The van der Waals surface area contributed by atoms with Gasteiger partial charge in [-0.3, -0.25) is 0 Å². The molecular weight excluding hydrogens is 287 g/mol. The first-order chi connectivity index (χ1) is 9.60. The number of nitrogens with zero attached hydrogens (tertiary/aromatic N) is 2. The number of thiophene rings is 1. The summed E-state index contributed by atoms with van der Waals surface area (Å²) in [6.07, 6.45) is 1.87. The standard InChI is InChI=1S/C14H21BN2O3S/c1-10-6-7-17(16-10)11-8-12(21-9-11)15(19)20-14(4,5)13(2,3)18/h6-9,18-19H,1-5H3. The van der Waals surface area contributed by atoms with Crippen LogP contribution in [0, 0.1) is 6.92 Å². The molecule has 0 saturated heterocycles. The van der Waals surface area contributed by atoms with Crippen LogP contribution in [0.15, 0.2) is 23.7 Å². The van der Waals surface area contributed by atoms with Gasteiger partial charge in [-0.1, -0.05) is 0 Å². The Hall–Kier alpha value is -1.15. The Morgan fingerprint density at radius 1 is 1.33 bits per heavy atom. The summed E-state index contributed by atoms with van der Waals surface area (Å²) in [4.78, 5) is 0. The quantitative estimate of drug-likeness (QED) is 0.821.